The van der Waals surface area contributed by atoms with Crippen molar-refractivity contribution in [2.24, 2.45) is 5.92 Å². The molecule has 2 aromatic carbocycles. The lowest BCUT2D eigenvalue weighted by Crippen LogP contribution is -2.25. The second kappa shape index (κ2) is 8.58. The minimum atomic E-state index is -0.925. The molecule has 1 amide bonds. The Balaban J connectivity index is 1.69. The Kier molecular flexibility index (Phi) is 5.96. The number of hydrogen-bond donors (Lipinski definition) is 1. The SMILES string of the molecule is CCOc1cc(CN2CC(C(=O)O)CC2=O)ccc1OCc1ccccc1. The van der Waals surface area contributed by atoms with Gasteiger partial charge in [0.05, 0.1) is 12.5 Å². The van der Waals surface area contributed by atoms with Crippen molar-refractivity contribution in [2.75, 3.05) is 13.2 Å². The Morgan fingerprint density at radius 1 is 1.11 bits per heavy atom. The van der Waals surface area contributed by atoms with E-state index >= 15 is 0 Å². The minimum Gasteiger partial charge on any atom is -0.490 e. The molecular formula is C21H23NO5. The molecule has 0 aliphatic carbocycles. The molecule has 6 nitrogen and oxygen atoms in total. The highest BCUT2D eigenvalue weighted by Crippen LogP contribution is 2.30. The molecule has 3 rings (SSSR count). The highest BCUT2D eigenvalue weighted by molar-refractivity contribution is 5.86. The maximum atomic E-state index is 12.0. The molecule has 0 aromatic heterocycles. The lowest BCUT2D eigenvalue weighted by atomic mass is 10.1. The Labute approximate surface area is 158 Å². The van der Waals surface area contributed by atoms with Crippen LogP contribution in [0.1, 0.15) is 24.5 Å². The van der Waals surface area contributed by atoms with E-state index < -0.39 is 11.9 Å². The smallest absolute Gasteiger partial charge is 0.308 e. The van der Waals surface area contributed by atoms with E-state index in [1.165, 1.54) is 0 Å². The number of carboxylic acids is 1. The van der Waals surface area contributed by atoms with Crippen molar-refractivity contribution < 1.29 is 24.2 Å². The fourth-order valence-corrected chi connectivity index (χ4v) is 3.08. The van der Waals surface area contributed by atoms with Gasteiger partial charge in [-0.2, -0.15) is 0 Å². The van der Waals surface area contributed by atoms with Crippen molar-refractivity contribution in [3.63, 3.8) is 0 Å². The highest BCUT2D eigenvalue weighted by atomic mass is 16.5. The molecule has 1 saturated heterocycles. The van der Waals surface area contributed by atoms with Gasteiger partial charge in [-0.25, -0.2) is 0 Å². The van der Waals surface area contributed by atoms with Crippen molar-refractivity contribution >= 4 is 11.9 Å². The lowest BCUT2D eigenvalue weighted by molar-refractivity contribution is -0.141. The van der Waals surface area contributed by atoms with Gasteiger partial charge in [0.15, 0.2) is 11.5 Å². The van der Waals surface area contributed by atoms with Crippen molar-refractivity contribution in [1.29, 1.82) is 0 Å². The molecule has 1 fully saturated rings. The number of carboxylic acid groups (broad SMARTS) is 1. The Bertz CT molecular complexity index is 805. The number of hydrogen-bond acceptors (Lipinski definition) is 4. The second-order valence-corrected chi connectivity index (χ2v) is 6.50. The van der Waals surface area contributed by atoms with Crippen LogP contribution in [0, 0.1) is 5.92 Å². The molecule has 142 valence electrons. The van der Waals surface area contributed by atoms with E-state index in [9.17, 15) is 9.59 Å². The quantitative estimate of drug-likeness (QED) is 0.774. The van der Waals surface area contributed by atoms with Gasteiger partial charge < -0.3 is 19.5 Å². The van der Waals surface area contributed by atoms with Gasteiger partial charge in [0.2, 0.25) is 5.91 Å². The molecule has 27 heavy (non-hydrogen) atoms. The number of benzene rings is 2. The Morgan fingerprint density at radius 2 is 1.89 bits per heavy atom. The summed E-state index contributed by atoms with van der Waals surface area (Å²) in [6, 6.07) is 15.4. The number of ether oxygens (including phenoxy) is 2. The first-order valence-electron chi connectivity index (χ1n) is 9.00. The first kappa shape index (κ1) is 18.8. The predicted molar refractivity (Wildman–Crippen MR) is 99.5 cm³/mol. The van der Waals surface area contributed by atoms with E-state index in [4.69, 9.17) is 14.6 Å². The van der Waals surface area contributed by atoms with Crippen LogP contribution < -0.4 is 9.47 Å². The maximum Gasteiger partial charge on any atom is 0.308 e. The molecule has 1 atom stereocenters. The van der Waals surface area contributed by atoms with Gasteiger partial charge in [-0.1, -0.05) is 36.4 Å². The third-order valence-electron chi connectivity index (χ3n) is 4.48. The molecule has 1 unspecified atom stereocenters. The van der Waals surface area contributed by atoms with Crippen LogP contribution in [0.2, 0.25) is 0 Å². The monoisotopic (exact) mass is 369 g/mol. The Hall–Kier alpha value is -3.02. The summed E-state index contributed by atoms with van der Waals surface area (Å²) >= 11 is 0. The van der Waals surface area contributed by atoms with E-state index in [0.29, 0.717) is 31.3 Å². The zero-order chi connectivity index (χ0) is 19.2. The molecule has 6 heteroatoms. The average Bonchev–Trinajstić information content (AvgIpc) is 3.03. The normalized spacial score (nSPS) is 16.4. The minimum absolute atomic E-state index is 0.0614. The fraction of sp³-hybridized carbons (Fsp3) is 0.333. The van der Waals surface area contributed by atoms with Gasteiger partial charge in [-0.15, -0.1) is 0 Å². The van der Waals surface area contributed by atoms with Crippen LogP contribution in [0.4, 0.5) is 0 Å². The van der Waals surface area contributed by atoms with Gasteiger partial charge in [0.1, 0.15) is 6.61 Å². The van der Waals surface area contributed by atoms with E-state index in [0.717, 1.165) is 11.1 Å². The van der Waals surface area contributed by atoms with Gasteiger partial charge in [0.25, 0.3) is 0 Å². The van der Waals surface area contributed by atoms with Gasteiger partial charge >= 0.3 is 5.97 Å². The second-order valence-electron chi connectivity index (χ2n) is 6.50. The number of likely N-dealkylation sites (tertiary alicyclic amines) is 1. The number of carbonyl (C=O) groups excluding carboxylic acids is 1. The Morgan fingerprint density at radius 3 is 2.56 bits per heavy atom. The molecule has 0 spiro atoms. The summed E-state index contributed by atoms with van der Waals surface area (Å²) in [6.07, 6.45) is 0.0614. The van der Waals surface area contributed by atoms with Crippen LogP contribution in [0.25, 0.3) is 0 Å². The van der Waals surface area contributed by atoms with E-state index in [2.05, 4.69) is 0 Å². The molecule has 1 aliphatic rings. The first-order valence-corrected chi connectivity index (χ1v) is 9.00. The van der Waals surface area contributed by atoms with Crippen molar-refractivity contribution in [3.05, 3.63) is 59.7 Å². The number of aliphatic carboxylic acids is 1. The molecule has 0 saturated carbocycles. The largest absolute Gasteiger partial charge is 0.490 e. The lowest BCUT2D eigenvalue weighted by Gasteiger charge is -2.18. The van der Waals surface area contributed by atoms with Crippen LogP contribution >= 0.6 is 0 Å². The number of nitrogens with zero attached hydrogens (tertiary/aromatic N) is 1. The third kappa shape index (κ3) is 4.78. The zero-order valence-electron chi connectivity index (χ0n) is 15.3. The zero-order valence-corrected chi connectivity index (χ0v) is 15.3. The van der Waals surface area contributed by atoms with E-state index in [1.807, 2.05) is 55.5 Å². The van der Waals surface area contributed by atoms with Gasteiger partial charge in [-0.3, -0.25) is 9.59 Å². The van der Waals surface area contributed by atoms with Crippen LogP contribution in [0.5, 0.6) is 11.5 Å². The highest BCUT2D eigenvalue weighted by Gasteiger charge is 2.34. The molecule has 0 bridgehead atoms. The fourth-order valence-electron chi connectivity index (χ4n) is 3.08. The van der Waals surface area contributed by atoms with Gasteiger partial charge in [0, 0.05) is 19.5 Å². The number of rotatable bonds is 8. The maximum absolute atomic E-state index is 12.0. The third-order valence-corrected chi connectivity index (χ3v) is 4.48. The predicted octanol–water partition coefficient (Wildman–Crippen LogP) is 3.10. The van der Waals surface area contributed by atoms with Crippen LogP contribution in [0.15, 0.2) is 48.5 Å². The van der Waals surface area contributed by atoms with Crippen LogP contribution in [0.3, 0.4) is 0 Å². The molecule has 0 radical (unpaired) electrons. The van der Waals surface area contributed by atoms with Crippen LogP contribution in [-0.2, 0) is 22.7 Å². The standard InChI is InChI=1S/C21H23NO5/c1-2-26-19-10-16(12-22-13-17(21(24)25)11-20(22)23)8-9-18(19)27-14-15-6-4-3-5-7-15/h3-10,17H,2,11-14H2,1H3,(H,24,25). The van der Waals surface area contributed by atoms with Crippen molar-refractivity contribution in [1.82, 2.24) is 4.90 Å². The summed E-state index contributed by atoms with van der Waals surface area (Å²) in [5.74, 6) is -0.430. The van der Waals surface area contributed by atoms with Crippen LogP contribution in [-0.4, -0.2) is 35.0 Å². The van der Waals surface area contributed by atoms with E-state index in [1.54, 1.807) is 4.90 Å². The van der Waals surface area contributed by atoms with Gasteiger partial charge in [-0.05, 0) is 30.2 Å². The summed E-state index contributed by atoms with van der Waals surface area (Å²) in [5.41, 5.74) is 1.94. The molecular weight excluding hydrogens is 346 g/mol. The summed E-state index contributed by atoms with van der Waals surface area (Å²) < 4.78 is 11.6. The first-order chi connectivity index (χ1) is 13.1. The number of amides is 1. The topological polar surface area (TPSA) is 76.1 Å². The summed E-state index contributed by atoms with van der Waals surface area (Å²) in [6.45, 7) is 3.43. The molecule has 2 aromatic rings. The average molecular weight is 369 g/mol. The number of carbonyl (C=O) groups is 2. The molecule has 1 heterocycles. The molecule has 1 N–H and O–H groups in total. The van der Waals surface area contributed by atoms with E-state index in [-0.39, 0.29) is 18.9 Å². The summed E-state index contributed by atoms with van der Waals surface area (Å²) in [7, 11) is 0. The summed E-state index contributed by atoms with van der Waals surface area (Å²) in [4.78, 5) is 24.7. The van der Waals surface area contributed by atoms with Crippen molar-refractivity contribution in [2.45, 2.75) is 26.5 Å². The molecule has 1 aliphatic heterocycles. The summed E-state index contributed by atoms with van der Waals surface area (Å²) in [5, 5.41) is 9.10. The van der Waals surface area contributed by atoms with Crippen molar-refractivity contribution in [3.8, 4) is 11.5 Å².